The molecule has 1 atom stereocenters. The fourth-order valence-electron chi connectivity index (χ4n) is 4.23. The van der Waals surface area contributed by atoms with Crippen LogP contribution in [-0.2, 0) is 14.3 Å². The summed E-state index contributed by atoms with van der Waals surface area (Å²) < 4.78 is 11.9. The van der Waals surface area contributed by atoms with Gasteiger partial charge in [-0.2, -0.15) is 5.10 Å². The van der Waals surface area contributed by atoms with E-state index in [1.807, 2.05) is 38.1 Å². The Balaban J connectivity index is 1.38. The molecule has 2 aliphatic rings. The van der Waals surface area contributed by atoms with Crippen LogP contribution in [0.15, 0.2) is 24.3 Å². The first kappa shape index (κ1) is 20.4. The number of aromatic nitrogens is 2. The summed E-state index contributed by atoms with van der Waals surface area (Å²) in [6.07, 6.45) is 2.55. The number of fused-ring (bicyclic) bond motifs is 1. The average molecular weight is 412 g/mol. The number of hydrogen-bond acceptors (Lipinski definition) is 5. The van der Waals surface area contributed by atoms with Crippen molar-refractivity contribution in [1.82, 2.24) is 15.5 Å². The van der Waals surface area contributed by atoms with Crippen molar-refractivity contribution in [1.29, 1.82) is 0 Å². The summed E-state index contributed by atoms with van der Waals surface area (Å²) in [5, 5.41) is 12.9. The number of carbonyl (C=O) groups excluding carboxylic acids is 2. The van der Waals surface area contributed by atoms with Gasteiger partial charge in [-0.05, 0) is 19.9 Å². The minimum atomic E-state index is -0.307. The van der Waals surface area contributed by atoms with Crippen molar-refractivity contribution in [2.75, 3.05) is 18.5 Å². The van der Waals surface area contributed by atoms with Crippen molar-refractivity contribution < 1.29 is 19.1 Å². The average Bonchev–Trinajstić information content (AvgIpc) is 3.05. The van der Waals surface area contributed by atoms with E-state index in [9.17, 15) is 9.59 Å². The molecule has 1 fully saturated rings. The number of aryl methyl sites for hydroxylation is 2. The lowest BCUT2D eigenvalue weighted by molar-refractivity contribution is -0.126. The van der Waals surface area contributed by atoms with Gasteiger partial charge in [-0.3, -0.25) is 14.7 Å². The molecule has 0 radical (unpaired) electrons. The molecule has 1 aromatic carbocycles. The zero-order valence-corrected chi connectivity index (χ0v) is 17.4. The molecule has 8 heteroatoms. The highest BCUT2D eigenvalue weighted by Gasteiger charge is 2.42. The Morgan fingerprint density at radius 3 is 2.63 bits per heavy atom. The molecule has 2 amide bonds. The number of nitrogens with one attached hydrogen (secondary N) is 3. The Bertz CT molecular complexity index is 913. The van der Waals surface area contributed by atoms with Gasteiger partial charge < -0.3 is 20.1 Å². The fraction of sp³-hybridized carbons (Fsp3) is 0.500. The number of para-hydroxylation sites is 1. The largest absolute Gasteiger partial charge is 0.487 e. The quantitative estimate of drug-likeness (QED) is 0.700. The molecule has 0 aliphatic carbocycles. The minimum Gasteiger partial charge on any atom is -0.487 e. The molecule has 1 saturated heterocycles. The maximum atomic E-state index is 12.7. The van der Waals surface area contributed by atoms with Crippen LogP contribution in [0.5, 0.6) is 5.75 Å². The Hall–Kier alpha value is -2.87. The van der Waals surface area contributed by atoms with Crippen molar-refractivity contribution in [3.8, 4) is 5.75 Å². The Labute approximate surface area is 175 Å². The van der Waals surface area contributed by atoms with Crippen LogP contribution in [0.1, 0.15) is 55.1 Å². The van der Waals surface area contributed by atoms with Gasteiger partial charge >= 0.3 is 0 Å². The normalized spacial score (nSPS) is 19.6. The van der Waals surface area contributed by atoms with Gasteiger partial charge in [0.15, 0.2) is 0 Å². The van der Waals surface area contributed by atoms with Gasteiger partial charge in [0, 0.05) is 37.7 Å². The van der Waals surface area contributed by atoms with Crippen LogP contribution in [0, 0.1) is 13.8 Å². The van der Waals surface area contributed by atoms with Gasteiger partial charge in [-0.15, -0.1) is 0 Å². The summed E-state index contributed by atoms with van der Waals surface area (Å²) in [4.78, 5) is 24.9. The van der Waals surface area contributed by atoms with Gasteiger partial charge in [0.2, 0.25) is 11.8 Å². The van der Waals surface area contributed by atoms with Crippen molar-refractivity contribution in [3.63, 3.8) is 0 Å². The molecule has 8 nitrogen and oxygen atoms in total. The molecule has 3 heterocycles. The monoisotopic (exact) mass is 412 g/mol. The summed E-state index contributed by atoms with van der Waals surface area (Å²) in [6.45, 7) is 4.99. The van der Waals surface area contributed by atoms with Crippen molar-refractivity contribution in [2.45, 2.75) is 57.6 Å². The number of amides is 2. The van der Waals surface area contributed by atoms with E-state index in [1.165, 1.54) is 0 Å². The third-order valence-corrected chi connectivity index (χ3v) is 5.91. The second kappa shape index (κ2) is 8.47. The van der Waals surface area contributed by atoms with Gasteiger partial charge in [-0.25, -0.2) is 0 Å². The highest BCUT2D eigenvalue weighted by atomic mass is 16.5. The third kappa shape index (κ3) is 4.33. The Morgan fingerprint density at radius 1 is 1.17 bits per heavy atom. The van der Waals surface area contributed by atoms with Crippen LogP contribution in [0.2, 0.25) is 0 Å². The number of hydrogen-bond donors (Lipinski definition) is 3. The highest BCUT2D eigenvalue weighted by molar-refractivity contribution is 5.94. The number of carbonyl (C=O) groups is 2. The van der Waals surface area contributed by atoms with Gasteiger partial charge in [0.25, 0.3) is 0 Å². The Kier molecular flexibility index (Phi) is 5.76. The SMILES string of the molecule is Cc1n[nH]c(C)c1NC(=O)CCC(=O)NC1CC2(CCOCC2)Oc2ccccc21. The fourth-order valence-corrected chi connectivity index (χ4v) is 4.23. The van der Waals surface area contributed by atoms with Crippen molar-refractivity contribution >= 4 is 17.5 Å². The van der Waals surface area contributed by atoms with Crippen LogP contribution < -0.4 is 15.4 Å². The molecule has 3 N–H and O–H groups in total. The molecule has 1 spiro atoms. The van der Waals surface area contributed by atoms with E-state index in [4.69, 9.17) is 9.47 Å². The lowest BCUT2D eigenvalue weighted by atomic mass is 9.82. The summed E-state index contributed by atoms with van der Waals surface area (Å²) in [7, 11) is 0. The van der Waals surface area contributed by atoms with E-state index in [1.54, 1.807) is 0 Å². The second-order valence-corrected chi connectivity index (χ2v) is 8.12. The molecule has 0 bridgehead atoms. The molecule has 4 rings (SSSR count). The first-order chi connectivity index (χ1) is 14.5. The van der Waals surface area contributed by atoms with E-state index < -0.39 is 0 Å². The number of H-pyrrole nitrogens is 1. The standard InChI is InChI=1S/C22H28N4O4/c1-14-21(15(2)26-25-14)24-20(28)8-7-19(27)23-17-13-22(9-11-29-12-10-22)30-18-6-4-3-5-16(17)18/h3-6,17H,7-13H2,1-2H3,(H,23,27)(H,24,28)(H,25,26). The molecule has 2 aromatic rings. The van der Waals surface area contributed by atoms with Crippen LogP contribution in [0.4, 0.5) is 5.69 Å². The molecule has 1 unspecified atom stereocenters. The number of rotatable bonds is 5. The minimum absolute atomic E-state index is 0.111. The molecule has 160 valence electrons. The van der Waals surface area contributed by atoms with Crippen LogP contribution in [0.25, 0.3) is 0 Å². The maximum absolute atomic E-state index is 12.7. The van der Waals surface area contributed by atoms with E-state index in [0.29, 0.717) is 25.3 Å². The second-order valence-electron chi connectivity index (χ2n) is 8.12. The van der Waals surface area contributed by atoms with E-state index in [0.717, 1.165) is 35.5 Å². The van der Waals surface area contributed by atoms with Crippen LogP contribution in [0.3, 0.4) is 0 Å². The Morgan fingerprint density at radius 2 is 1.90 bits per heavy atom. The predicted octanol–water partition coefficient (Wildman–Crippen LogP) is 2.93. The molecule has 2 aliphatic heterocycles. The molecule has 30 heavy (non-hydrogen) atoms. The van der Waals surface area contributed by atoms with Gasteiger partial charge in [-0.1, -0.05) is 18.2 Å². The maximum Gasteiger partial charge on any atom is 0.224 e. The molecule has 0 saturated carbocycles. The molecular weight excluding hydrogens is 384 g/mol. The lowest BCUT2D eigenvalue weighted by Crippen LogP contribution is -2.48. The van der Waals surface area contributed by atoms with Crippen LogP contribution in [-0.4, -0.2) is 40.8 Å². The zero-order chi connectivity index (χ0) is 21.1. The lowest BCUT2D eigenvalue weighted by Gasteiger charge is -2.44. The topological polar surface area (TPSA) is 105 Å². The summed E-state index contributed by atoms with van der Waals surface area (Å²) in [6, 6.07) is 7.70. The predicted molar refractivity (Wildman–Crippen MR) is 111 cm³/mol. The summed E-state index contributed by atoms with van der Waals surface area (Å²) in [5.41, 5.74) is 2.88. The highest BCUT2D eigenvalue weighted by Crippen LogP contribution is 2.43. The third-order valence-electron chi connectivity index (χ3n) is 5.91. The molecule has 1 aromatic heterocycles. The summed E-state index contributed by atoms with van der Waals surface area (Å²) >= 11 is 0. The molecular formula is C22H28N4O4. The van der Waals surface area contributed by atoms with E-state index in [2.05, 4.69) is 20.8 Å². The van der Waals surface area contributed by atoms with Crippen LogP contribution >= 0.6 is 0 Å². The number of aromatic amines is 1. The van der Waals surface area contributed by atoms with E-state index in [-0.39, 0.29) is 36.3 Å². The van der Waals surface area contributed by atoms with Crippen molar-refractivity contribution in [3.05, 3.63) is 41.2 Å². The number of ether oxygens (including phenoxy) is 2. The summed E-state index contributed by atoms with van der Waals surface area (Å²) in [5.74, 6) is 0.473. The van der Waals surface area contributed by atoms with E-state index >= 15 is 0 Å². The first-order valence-corrected chi connectivity index (χ1v) is 10.4. The van der Waals surface area contributed by atoms with Crippen molar-refractivity contribution in [2.24, 2.45) is 0 Å². The first-order valence-electron chi connectivity index (χ1n) is 10.4. The number of benzene rings is 1. The smallest absolute Gasteiger partial charge is 0.224 e. The number of anilines is 1. The zero-order valence-electron chi connectivity index (χ0n) is 17.4. The van der Waals surface area contributed by atoms with Gasteiger partial charge in [0.05, 0.1) is 36.3 Å². The van der Waals surface area contributed by atoms with Gasteiger partial charge in [0.1, 0.15) is 11.4 Å². The number of nitrogens with zero attached hydrogens (tertiary/aromatic N) is 1.